The summed E-state index contributed by atoms with van der Waals surface area (Å²) < 4.78 is 40.6. The molecule has 0 aliphatic carbocycles. The minimum Gasteiger partial charge on any atom is -0.260 e. The van der Waals surface area contributed by atoms with E-state index in [1.807, 2.05) is 0 Å². The van der Waals surface area contributed by atoms with Gasteiger partial charge in [-0.2, -0.15) is 13.5 Å². The number of hydrazone groups is 1. The van der Waals surface area contributed by atoms with E-state index in [1.165, 1.54) is 18.3 Å². The number of sulfonamides is 1. The molecule has 0 fully saturated rings. The van der Waals surface area contributed by atoms with Crippen LogP contribution in [0.25, 0.3) is 0 Å². The predicted octanol–water partition coefficient (Wildman–Crippen LogP) is 1.90. The average molecular weight is 303 g/mol. The van der Waals surface area contributed by atoms with Gasteiger partial charge < -0.3 is 0 Å². The number of halogens is 1. The Morgan fingerprint density at radius 3 is 2.62 bits per heavy atom. The Kier molecular flexibility index (Phi) is 3.26. The Morgan fingerprint density at radius 2 is 1.81 bits per heavy atom. The Hall–Kier alpha value is -2.54. The first kappa shape index (κ1) is 13.4. The maximum Gasteiger partial charge on any atom is 0.285 e. The van der Waals surface area contributed by atoms with Crippen LogP contribution in [0.4, 0.5) is 4.39 Å². The van der Waals surface area contributed by atoms with Crippen LogP contribution in [0.3, 0.4) is 0 Å². The molecule has 0 radical (unpaired) electrons. The molecule has 0 amide bonds. The number of nitrogens with zero attached hydrogens (tertiary/aromatic N) is 2. The van der Waals surface area contributed by atoms with Crippen molar-refractivity contribution in [3.63, 3.8) is 0 Å². The zero-order valence-electron chi connectivity index (χ0n) is 10.7. The third kappa shape index (κ3) is 2.55. The molecule has 0 saturated heterocycles. The molecule has 2 aromatic carbocycles. The number of benzene rings is 2. The Balaban J connectivity index is 1.86. The van der Waals surface area contributed by atoms with Gasteiger partial charge in [-0.3, -0.25) is 5.43 Å². The summed E-state index contributed by atoms with van der Waals surface area (Å²) in [7, 11) is -3.68. The van der Waals surface area contributed by atoms with Gasteiger partial charge in [0.25, 0.3) is 10.0 Å². The second-order valence-corrected chi connectivity index (χ2v) is 5.88. The lowest BCUT2D eigenvalue weighted by Gasteiger charge is -2.00. The van der Waals surface area contributed by atoms with Gasteiger partial charge in [-0.1, -0.05) is 30.3 Å². The highest BCUT2D eigenvalue weighted by Gasteiger charge is 2.28. The highest BCUT2D eigenvalue weighted by Crippen LogP contribution is 2.24. The van der Waals surface area contributed by atoms with Crippen LogP contribution in [0.2, 0.25) is 0 Å². The van der Waals surface area contributed by atoms with E-state index in [2.05, 4.69) is 14.9 Å². The monoisotopic (exact) mass is 303 g/mol. The minimum atomic E-state index is -3.68. The largest absolute Gasteiger partial charge is 0.285 e. The number of hydrogen-bond acceptors (Lipinski definition) is 4. The van der Waals surface area contributed by atoms with Gasteiger partial charge in [-0.05, 0) is 18.2 Å². The van der Waals surface area contributed by atoms with Crippen LogP contribution in [0.15, 0.2) is 62.9 Å². The second kappa shape index (κ2) is 5.10. The lowest BCUT2D eigenvalue weighted by atomic mass is 10.2. The fourth-order valence-corrected chi connectivity index (χ4v) is 3.10. The molecular formula is C14H10FN3O2S. The lowest BCUT2D eigenvalue weighted by Crippen LogP contribution is -2.17. The normalized spacial score (nSPS) is 15.8. The molecule has 1 aliphatic heterocycles. The molecule has 1 N–H and O–H groups in total. The van der Waals surface area contributed by atoms with Crippen LogP contribution in [0.5, 0.6) is 0 Å². The maximum atomic E-state index is 13.4. The molecule has 21 heavy (non-hydrogen) atoms. The molecule has 0 saturated carbocycles. The summed E-state index contributed by atoms with van der Waals surface area (Å²) in [6, 6.07) is 12.6. The van der Waals surface area contributed by atoms with Crippen molar-refractivity contribution in [1.29, 1.82) is 0 Å². The zero-order chi connectivity index (χ0) is 14.9. The average Bonchev–Trinajstić information content (AvgIpc) is 2.73. The Labute approximate surface area is 120 Å². The Morgan fingerprint density at radius 1 is 1.10 bits per heavy atom. The van der Waals surface area contributed by atoms with Gasteiger partial charge in [0.15, 0.2) is 5.84 Å². The zero-order valence-corrected chi connectivity index (χ0v) is 11.5. The summed E-state index contributed by atoms with van der Waals surface area (Å²) in [6.45, 7) is 0. The molecule has 0 atom stereocenters. The predicted molar refractivity (Wildman–Crippen MR) is 77.3 cm³/mol. The first-order valence-electron chi connectivity index (χ1n) is 6.06. The van der Waals surface area contributed by atoms with Crippen molar-refractivity contribution in [2.75, 3.05) is 0 Å². The summed E-state index contributed by atoms with van der Waals surface area (Å²) in [5.74, 6) is -0.289. The van der Waals surface area contributed by atoms with Crippen LogP contribution in [0, 0.1) is 5.82 Å². The first-order chi connectivity index (χ1) is 10.1. The molecule has 1 aliphatic rings. The van der Waals surface area contributed by atoms with E-state index in [4.69, 9.17) is 0 Å². The van der Waals surface area contributed by atoms with Gasteiger partial charge in [-0.15, -0.1) is 4.40 Å². The maximum absolute atomic E-state index is 13.4. The molecule has 7 heteroatoms. The van der Waals surface area contributed by atoms with Gasteiger partial charge in [0, 0.05) is 11.1 Å². The van der Waals surface area contributed by atoms with E-state index in [0.717, 1.165) is 0 Å². The van der Waals surface area contributed by atoms with Gasteiger partial charge in [-0.25, -0.2) is 4.39 Å². The molecule has 5 nitrogen and oxygen atoms in total. The van der Waals surface area contributed by atoms with E-state index in [9.17, 15) is 12.8 Å². The molecule has 3 rings (SSSR count). The molecule has 0 bridgehead atoms. The first-order valence-corrected chi connectivity index (χ1v) is 7.50. The third-order valence-corrected chi connectivity index (χ3v) is 4.25. The van der Waals surface area contributed by atoms with Crippen LogP contribution in [-0.2, 0) is 10.0 Å². The number of hydrogen-bond donors (Lipinski definition) is 1. The number of fused-ring (bicyclic) bond motifs is 1. The SMILES string of the molecule is O=S1(=O)N=C(N/N=C/c2ccccc2F)c2ccccc21. The van der Waals surface area contributed by atoms with Crippen LogP contribution in [-0.4, -0.2) is 20.5 Å². The number of amidine groups is 1. The fraction of sp³-hybridized carbons (Fsp3) is 0. The fourth-order valence-electron chi connectivity index (χ4n) is 1.93. The summed E-state index contributed by atoms with van der Waals surface area (Å²) in [5.41, 5.74) is 3.28. The molecule has 106 valence electrons. The molecule has 1 heterocycles. The molecule has 0 spiro atoms. The molecular weight excluding hydrogens is 293 g/mol. The molecule has 0 aromatic heterocycles. The van der Waals surface area contributed by atoms with Crippen molar-refractivity contribution in [2.45, 2.75) is 4.90 Å². The topological polar surface area (TPSA) is 70.9 Å². The highest BCUT2D eigenvalue weighted by atomic mass is 32.2. The summed E-state index contributed by atoms with van der Waals surface area (Å²) >= 11 is 0. The van der Waals surface area contributed by atoms with Crippen LogP contribution < -0.4 is 5.43 Å². The van der Waals surface area contributed by atoms with E-state index in [0.29, 0.717) is 11.1 Å². The van der Waals surface area contributed by atoms with Crippen molar-refractivity contribution < 1.29 is 12.8 Å². The van der Waals surface area contributed by atoms with Crippen molar-refractivity contribution in [2.24, 2.45) is 9.50 Å². The number of nitrogens with one attached hydrogen (secondary N) is 1. The van der Waals surface area contributed by atoms with Gasteiger partial charge in [0.1, 0.15) is 10.7 Å². The van der Waals surface area contributed by atoms with Crippen LogP contribution >= 0.6 is 0 Å². The number of rotatable bonds is 2. The molecule has 2 aromatic rings. The second-order valence-electron chi connectivity index (χ2n) is 4.30. The third-order valence-electron chi connectivity index (χ3n) is 2.91. The quantitative estimate of drug-likeness (QED) is 0.680. The summed E-state index contributed by atoms with van der Waals surface area (Å²) in [5, 5.41) is 3.84. The highest BCUT2D eigenvalue weighted by molar-refractivity contribution is 7.90. The minimum absolute atomic E-state index is 0.123. The van der Waals surface area contributed by atoms with Crippen molar-refractivity contribution in [3.05, 3.63) is 65.5 Å². The van der Waals surface area contributed by atoms with E-state index < -0.39 is 15.8 Å². The summed E-state index contributed by atoms with van der Waals surface area (Å²) in [4.78, 5) is 0.133. The molecule has 0 unspecified atom stereocenters. The van der Waals surface area contributed by atoms with Crippen molar-refractivity contribution >= 4 is 22.1 Å². The van der Waals surface area contributed by atoms with Gasteiger partial charge in [0.2, 0.25) is 0 Å². The lowest BCUT2D eigenvalue weighted by molar-refractivity contribution is 0.599. The van der Waals surface area contributed by atoms with Gasteiger partial charge >= 0.3 is 0 Å². The van der Waals surface area contributed by atoms with E-state index >= 15 is 0 Å². The standard InChI is InChI=1S/C14H10FN3O2S/c15-12-7-3-1-5-10(12)9-16-17-14-11-6-2-4-8-13(11)21(19,20)18-14/h1-9H,(H,17,18)/b16-9+. The van der Waals surface area contributed by atoms with Crippen LogP contribution in [0.1, 0.15) is 11.1 Å². The van der Waals surface area contributed by atoms with E-state index in [1.54, 1.807) is 36.4 Å². The summed E-state index contributed by atoms with van der Waals surface area (Å²) in [6.07, 6.45) is 1.27. The van der Waals surface area contributed by atoms with Gasteiger partial charge in [0.05, 0.1) is 6.21 Å². The Bertz CT molecular complexity index is 860. The van der Waals surface area contributed by atoms with E-state index in [-0.39, 0.29) is 10.7 Å². The van der Waals surface area contributed by atoms with Crippen molar-refractivity contribution in [1.82, 2.24) is 5.43 Å². The van der Waals surface area contributed by atoms with Crippen molar-refractivity contribution in [3.8, 4) is 0 Å². The smallest absolute Gasteiger partial charge is 0.260 e.